The van der Waals surface area contributed by atoms with Crippen molar-refractivity contribution >= 4 is 0 Å². The highest BCUT2D eigenvalue weighted by Gasteiger charge is 1.95. The fourth-order valence-electron chi connectivity index (χ4n) is 1.19. The van der Waals surface area contributed by atoms with Gasteiger partial charge >= 0.3 is 0 Å². The van der Waals surface area contributed by atoms with Crippen LogP contribution in [0.4, 0.5) is 0 Å². The zero-order valence-corrected chi connectivity index (χ0v) is 7.44. The predicted molar refractivity (Wildman–Crippen MR) is 52.2 cm³/mol. The Kier molecular flexibility index (Phi) is 2.04. The van der Waals surface area contributed by atoms with Crippen molar-refractivity contribution in [3.8, 4) is 11.3 Å². The Bertz CT molecular complexity index is 379. The van der Waals surface area contributed by atoms with Gasteiger partial charge < -0.3 is 0 Å². The minimum absolute atomic E-state index is 0.968. The van der Waals surface area contributed by atoms with E-state index in [-0.39, 0.29) is 0 Å². The summed E-state index contributed by atoms with van der Waals surface area (Å²) in [6.45, 7) is 2.07. The molecule has 64 valence electrons. The molecule has 0 aliphatic carbocycles. The molecule has 0 spiro atoms. The Morgan fingerprint density at radius 3 is 2.38 bits per heavy atom. The SMILES string of the molecule is Cc1ccc(-c2ccncn2)cc1. The van der Waals surface area contributed by atoms with Crippen molar-refractivity contribution in [2.24, 2.45) is 0 Å². The van der Waals surface area contributed by atoms with Crippen LogP contribution in [0.25, 0.3) is 11.3 Å². The largest absolute Gasteiger partial charge is 0.245 e. The Morgan fingerprint density at radius 1 is 1.00 bits per heavy atom. The molecule has 2 nitrogen and oxygen atoms in total. The molecular weight excluding hydrogens is 160 g/mol. The fraction of sp³-hybridized carbons (Fsp3) is 0.0909. The first-order valence-electron chi connectivity index (χ1n) is 4.19. The third-order valence-corrected chi connectivity index (χ3v) is 1.93. The molecule has 13 heavy (non-hydrogen) atoms. The number of nitrogens with zero attached hydrogens (tertiary/aromatic N) is 2. The monoisotopic (exact) mass is 170 g/mol. The summed E-state index contributed by atoms with van der Waals surface area (Å²) in [7, 11) is 0. The molecule has 0 fully saturated rings. The minimum Gasteiger partial charge on any atom is -0.245 e. The predicted octanol–water partition coefficient (Wildman–Crippen LogP) is 2.45. The Morgan fingerprint density at radius 2 is 1.77 bits per heavy atom. The van der Waals surface area contributed by atoms with Gasteiger partial charge in [0.15, 0.2) is 0 Å². The van der Waals surface area contributed by atoms with Crippen LogP contribution in [0, 0.1) is 6.92 Å². The van der Waals surface area contributed by atoms with Crippen LogP contribution in [-0.2, 0) is 0 Å². The van der Waals surface area contributed by atoms with E-state index >= 15 is 0 Å². The number of hydrogen-bond donors (Lipinski definition) is 0. The van der Waals surface area contributed by atoms with Gasteiger partial charge in [0.2, 0.25) is 0 Å². The molecule has 0 aliphatic heterocycles. The molecule has 1 heterocycles. The van der Waals surface area contributed by atoms with E-state index in [9.17, 15) is 0 Å². The molecule has 0 unspecified atom stereocenters. The molecule has 0 amide bonds. The van der Waals surface area contributed by atoms with Crippen molar-refractivity contribution in [3.63, 3.8) is 0 Å². The Balaban J connectivity index is 2.42. The highest BCUT2D eigenvalue weighted by Crippen LogP contribution is 2.15. The smallest absolute Gasteiger partial charge is 0.116 e. The first-order valence-corrected chi connectivity index (χ1v) is 4.19. The van der Waals surface area contributed by atoms with Gasteiger partial charge in [0.05, 0.1) is 5.69 Å². The lowest BCUT2D eigenvalue weighted by molar-refractivity contribution is 1.17. The van der Waals surface area contributed by atoms with Gasteiger partial charge in [-0.3, -0.25) is 0 Å². The molecule has 0 atom stereocenters. The number of aromatic nitrogens is 2. The van der Waals surface area contributed by atoms with Crippen LogP contribution < -0.4 is 0 Å². The van der Waals surface area contributed by atoms with Crippen molar-refractivity contribution in [3.05, 3.63) is 48.4 Å². The van der Waals surface area contributed by atoms with Crippen molar-refractivity contribution in [1.82, 2.24) is 9.97 Å². The van der Waals surface area contributed by atoms with Crippen LogP contribution >= 0.6 is 0 Å². The van der Waals surface area contributed by atoms with Gasteiger partial charge in [-0.05, 0) is 13.0 Å². The summed E-state index contributed by atoms with van der Waals surface area (Å²) >= 11 is 0. The van der Waals surface area contributed by atoms with Crippen LogP contribution in [0.3, 0.4) is 0 Å². The molecular formula is C11H10N2. The Hall–Kier alpha value is -1.70. The van der Waals surface area contributed by atoms with Crippen LogP contribution in [-0.4, -0.2) is 9.97 Å². The molecule has 0 aliphatic rings. The third-order valence-electron chi connectivity index (χ3n) is 1.93. The molecule has 0 N–H and O–H groups in total. The summed E-state index contributed by atoms with van der Waals surface area (Å²) in [5.41, 5.74) is 3.36. The first kappa shape index (κ1) is 7.92. The summed E-state index contributed by atoms with van der Waals surface area (Å²) in [6.07, 6.45) is 3.32. The molecule has 2 aromatic rings. The summed E-state index contributed by atoms with van der Waals surface area (Å²) in [6, 6.07) is 10.2. The zero-order chi connectivity index (χ0) is 9.10. The first-order chi connectivity index (χ1) is 6.36. The lowest BCUT2D eigenvalue weighted by Crippen LogP contribution is -1.83. The third kappa shape index (κ3) is 1.72. The lowest BCUT2D eigenvalue weighted by Gasteiger charge is -1.99. The van der Waals surface area contributed by atoms with Crippen molar-refractivity contribution in [2.45, 2.75) is 6.92 Å². The fourth-order valence-corrected chi connectivity index (χ4v) is 1.19. The molecule has 2 heteroatoms. The van der Waals surface area contributed by atoms with Gasteiger partial charge in [0.25, 0.3) is 0 Å². The van der Waals surface area contributed by atoms with Gasteiger partial charge in [-0.2, -0.15) is 0 Å². The molecule has 2 rings (SSSR count). The van der Waals surface area contributed by atoms with Gasteiger partial charge in [0, 0.05) is 11.8 Å². The van der Waals surface area contributed by atoms with Crippen LogP contribution in [0.1, 0.15) is 5.56 Å². The Labute approximate surface area is 77.3 Å². The van der Waals surface area contributed by atoms with Gasteiger partial charge in [-0.1, -0.05) is 29.8 Å². The number of rotatable bonds is 1. The van der Waals surface area contributed by atoms with Gasteiger partial charge in [-0.25, -0.2) is 9.97 Å². The zero-order valence-electron chi connectivity index (χ0n) is 7.44. The maximum Gasteiger partial charge on any atom is 0.116 e. The molecule has 0 saturated carbocycles. The summed E-state index contributed by atoms with van der Waals surface area (Å²) in [4.78, 5) is 8.04. The van der Waals surface area contributed by atoms with Crippen molar-refractivity contribution in [2.75, 3.05) is 0 Å². The van der Waals surface area contributed by atoms with E-state index in [2.05, 4.69) is 41.2 Å². The summed E-state index contributed by atoms with van der Waals surface area (Å²) in [5.74, 6) is 0. The van der Waals surface area contributed by atoms with E-state index in [0.717, 1.165) is 11.3 Å². The van der Waals surface area contributed by atoms with E-state index in [0.29, 0.717) is 0 Å². The molecule has 1 aromatic heterocycles. The molecule has 0 radical (unpaired) electrons. The summed E-state index contributed by atoms with van der Waals surface area (Å²) < 4.78 is 0. The quantitative estimate of drug-likeness (QED) is 0.657. The topological polar surface area (TPSA) is 25.8 Å². The van der Waals surface area contributed by atoms with E-state index in [4.69, 9.17) is 0 Å². The van der Waals surface area contributed by atoms with Crippen LogP contribution in [0.5, 0.6) is 0 Å². The second-order valence-electron chi connectivity index (χ2n) is 2.96. The lowest BCUT2D eigenvalue weighted by atomic mass is 10.1. The highest BCUT2D eigenvalue weighted by molar-refractivity contribution is 5.58. The van der Waals surface area contributed by atoms with E-state index in [1.807, 2.05) is 6.07 Å². The maximum atomic E-state index is 4.17. The molecule has 1 aromatic carbocycles. The normalized spacial score (nSPS) is 9.92. The minimum atomic E-state index is 0.968. The average Bonchev–Trinajstić information content (AvgIpc) is 2.20. The van der Waals surface area contributed by atoms with Gasteiger partial charge in [0.1, 0.15) is 6.33 Å². The van der Waals surface area contributed by atoms with E-state index in [1.54, 1.807) is 12.5 Å². The van der Waals surface area contributed by atoms with E-state index < -0.39 is 0 Å². The second kappa shape index (κ2) is 3.35. The van der Waals surface area contributed by atoms with Gasteiger partial charge in [-0.15, -0.1) is 0 Å². The average molecular weight is 170 g/mol. The van der Waals surface area contributed by atoms with Crippen molar-refractivity contribution in [1.29, 1.82) is 0 Å². The number of aryl methyl sites for hydroxylation is 1. The second-order valence-corrected chi connectivity index (χ2v) is 2.96. The molecule has 0 bridgehead atoms. The molecule has 0 saturated heterocycles. The number of hydrogen-bond acceptors (Lipinski definition) is 2. The van der Waals surface area contributed by atoms with Crippen LogP contribution in [0.2, 0.25) is 0 Å². The highest BCUT2D eigenvalue weighted by atomic mass is 14.8. The summed E-state index contributed by atoms with van der Waals surface area (Å²) in [5, 5.41) is 0. The standard InChI is InChI=1S/C11H10N2/c1-9-2-4-10(5-3-9)11-6-7-12-8-13-11/h2-8H,1H3. The van der Waals surface area contributed by atoms with E-state index in [1.165, 1.54) is 5.56 Å². The number of benzene rings is 1. The van der Waals surface area contributed by atoms with Crippen LogP contribution in [0.15, 0.2) is 42.9 Å². The maximum absolute atomic E-state index is 4.17. The van der Waals surface area contributed by atoms with Crippen molar-refractivity contribution < 1.29 is 0 Å².